The Morgan fingerprint density at radius 2 is 2.09 bits per heavy atom. The molecule has 192 valence electrons. The zero-order valence-corrected chi connectivity index (χ0v) is 20.2. The quantitative estimate of drug-likeness (QED) is 0.126. The third-order valence-corrected chi connectivity index (χ3v) is 6.63. The van der Waals surface area contributed by atoms with Crippen molar-refractivity contribution in [3.05, 3.63) is 16.7 Å². The molecule has 0 aliphatic carbocycles. The van der Waals surface area contributed by atoms with E-state index in [1.807, 2.05) is 0 Å². The highest BCUT2D eigenvalue weighted by Gasteiger charge is 2.29. The number of nitrogens with two attached hydrogens (primary N) is 1. The minimum absolute atomic E-state index is 0.000272. The summed E-state index contributed by atoms with van der Waals surface area (Å²) in [5.41, 5.74) is 4.11. The highest BCUT2D eigenvalue weighted by molar-refractivity contribution is 8.13. The third kappa shape index (κ3) is 7.83. The molecule has 2 unspecified atom stereocenters. The molecule has 2 aromatic heterocycles. The molecule has 2 aromatic rings. The number of carbonyl (C=O) groups excluding carboxylic acids is 1. The first kappa shape index (κ1) is 28.4. The first-order valence-electron chi connectivity index (χ1n) is 9.91. The fourth-order valence-corrected chi connectivity index (χ4v) is 4.04. The minimum atomic E-state index is -4.58. The number of ether oxygens (including phenoxy) is 1. The smallest absolute Gasteiger partial charge is 0.395 e. The second-order valence-corrected chi connectivity index (χ2v) is 10.2. The molecule has 0 fully saturated rings. The van der Waals surface area contributed by atoms with Gasteiger partial charge in [-0.2, -0.15) is 4.98 Å². The molecule has 2 heterocycles. The zero-order valence-electron chi connectivity index (χ0n) is 18.5. The standard InChI is InChI=1S/C17H28N5O10PS/c1-17(2,7-24)15(27)34-4-3-31-33(28,29)32-6-11(10(25)5-23)30-9-22-8-19-12-13(22)20-16(18)21-14(12)26/h8,10-11,23-25H,3-7,9H2,1-2H3,(H,28,29)(H3,18,20,21,26)/t10?,11-/m1/s1. The van der Waals surface area contributed by atoms with Crippen molar-refractivity contribution in [1.82, 2.24) is 19.5 Å². The predicted octanol–water partition coefficient (Wildman–Crippen LogP) is -1.19. The molecule has 34 heavy (non-hydrogen) atoms. The van der Waals surface area contributed by atoms with Gasteiger partial charge in [0.2, 0.25) is 5.95 Å². The molecule has 0 bridgehead atoms. The lowest BCUT2D eigenvalue weighted by atomic mass is 9.97. The van der Waals surface area contributed by atoms with E-state index in [1.54, 1.807) is 13.8 Å². The van der Waals surface area contributed by atoms with Crippen LogP contribution < -0.4 is 11.3 Å². The second kappa shape index (κ2) is 12.2. The summed E-state index contributed by atoms with van der Waals surface area (Å²) in [5.74, 6) is -0.106. The van der Waals surface area contributed by atoms with Crippen molar-refractivity contribution in [3.63, 3.8) is 0 Å². The number of hydrogen-bond acceptors (Lipinski definition) is 13. The number of hydrogen-bond donors (Lipinski definition) is 6. The van der Waals surface area contributed by atoms with Crippen molar-refractivity contribution in [2.24, 2.45) is 5.41 Å². The SMILES string of the molecule is CC(C)(CO)C(=O)SCCOP(=O)(O)OC[C@@H](OCn1cnc2c(=O)[nH]c(N)nc21)C(O)CO. The number of thioether (sulfide) groups is 1. The van der Waals surface area contributed by atoms with Crippen LogP contribution in [0.2, 0.25) is 0 Å². The van der Waals surface area contributed by atoms with Gasteiger partial charge in [0.05, 0.1) is 38.2 Å². The van der Waals surface area contributed by atoms with Gasteiger partial charge in [0.25, 0.3) is 5.56 Å². The summed E-state index contributed by atoms with van der Waals surface area (Å²) in [6, 6.07) is 0. The molecule has 0 aliphatic rings. The van der Waals surface area contributed by atoms with Gasteiger partial charge in [-0.05, 0) is 13.8 Å². The van der Waals surface area contributed by atoms with E-state index in [1.165, 1.54) is 10.9 Å². The minimum Gasteiger partial charge on any atom is -0.395 e. The Kier molecular flexibility index (Phi) is 10.2. The maximum atomic E-state index is 12.1. The van der Waals surface area contributed by atoms with E-state index in [-0.39, 0.29) is 47.9 Å². The largest absolute Gasteiger partial charge is 0.472 e. The topological polar surface area (TPSA) is 232 Å². The van der Waals surface area contributed by atoms with Gasteiger partial charge in [0.15, 0.2) is 16.3 Å². The van der Waals surface area contributed by atoms with Gasteiger partial charge in [0.1, 0.15) is 18.9 Å². The first-order valence-corrected chi connectivity index (χ1v) is 12.4. The number of carbonyl (C=O) groups is 1. The summed E-state index contributed by atoms with van der Waals surface area (Å²) in [6.07, 6.45) is -1.51. The molecule has 0 aromatic carbocycles. The molecular formula is C17H28N5O10PS. The lowest BCUT2D eigenvalue weighted by Gasteiger charge is -2.23. The Balaban J connectivity index is 1.91. The van der Waals surface area contributed by atoms with Crippen molar-refractivity contribution < 1.29 is 43.4 Å². The van der Waals surface area contributed by atoms with Gasteiger partial charge in [-0.1, -0.05) is 11.8 Å². The number of aliphatic hydroxyl groups excluding tert-OH is 3. The number of aromatic amines is 1. The fourth-order valence-electron chi connectivity index (χ4n) is 2.38. The second-order valence-electron chi connectivity index (χ2n) is 7.70. The average molecular weight is 525 g/mol. The van der Waals surface area contributed by atoms with Crippen LogP contribution in [0.4, 0.5) is 5.95 Å². The molecule has 15 nitrogen and oxygen atoms in total. The van der Waals surface area contributed by atoms with Crippen LogP contribution in [-0.2, 0) is 29.9 Å². The monoisotopic (exact) mass is 525 g/mol. The van der Waals surface area contributed by atoms with Crippen LogP contribution in [0.15, 0.2) is 11.1 Å². The summed E-state index contributed by atoms with van der Waals surface area (Å²) in [7, 11) is -4.58. The number of phosphoric acid groups is 1. The first-order chi connectivity index (χ1) is 15.9. The lowest BCUT2D eigenvalue weighted by Crippen LogP contribution is -2.36. The highest BCUT2D eigenvalue weighted by Crippen LogP contribution is 2.43. The molecule has 17 heteroatoms. The number of nitrogen functional groups attached to an aromatic ring is 1. The molecule has 0 radical (unpaired) electrons. The van der Waals surface area contributed by atoms with Crippen LogP contribution in [0.3, 0.4) is 0 Å². The fraction of sp³-hybridized carbons (Fsp3) is 0.647. The van der Waals surface area contributed by atoms with Crippen molar-refractivity contribution in [3.8, 4) is 0 Å². The maximum absolute atomic E-state index is 12.1. The van der Waals surface area contributed by atoms with E-state index in [0.717, 1.165) is 11.8 Å². The van der Waals surface area contributed by atoms with Gasteiger partial charge >= 0.3 is 7.82 Å². The summed E-state index contributed by atoms with van der Waals surface area (Å²) in [5, 5.41) is 28.1. The summed E-state index contributed by atoms with van der Waals surface area (Å²) in [6.45, 7) is 0.791. The number of aliphatic hydroxyl groups is 3. The van der Waals surface area contributed by atoms with Crippen molar-refractivity contribution in [2.75, 3.05) is 37.9 Å². The van der Waals surface area contributed by atoms with Crippen molar-refractivity contribution in [1.29, 1.82) is 0 Å². The zero-order chi connectivity index (χ0) is 25.5. The van der Waals surface area contributed by atoms with Crippen LogP contribution in [-0.4, -0.2) is 89.2 Å². The van der Waals surface area contributed by atoms with Gasteiger partial charge in [0, 0.05) is 5.75 Å². The molecular weight excluding hydrogens is 497 g/mol. The number of aromatic nitrogens is 4. The molecule has 0 aliphatic heterocycles. The number of nitrogens with one attached hydrogen (secondary N) is 1. The van der Waals surface area contributed by atoms with E-state index >= 15 is 0 Å². The molecule has 3 atom stereocenters. The Hall–Kier alpha value is -1.88. The Bertz CT molecular complexity index is 1080. The Morgan fingerprint density at radius 1 is 1.38 bits per heavy atom. The summed E-state index contributed by atoms with van der Waals surface area (Å²) >= 11 is 0.834. The predicted molar refractivity (Wildman–Crippen MR) is 121 cm³/mol. The van der Waals surface area contributed by atoms with Crippen LogP contribution in [0.5, 0.6) is 0 Å². The van der Waals surface area contributed by atoms with E-state index in [0.29, 0.717) is 0 Å². The molecule has 0 saturated heterocycles. The van der Waals surface area contributed by atoms with Crippen molar-refractivity contribution >= 4 is 41.8 Å². The van der Waals surface area contributed by atoms with Crippen molar-refractivity contribution in [2.45, 2.75) is 32.8 Å². The Labute approximate surface area is 197 Å². The number of fused-ring (bicyclic) bond motifs is 1. The van der Waals surface area contributed by atoms with Crippen LogP contribution in [0.25, 0.3) is 11.2 Å². The number of nitrogens with zero attached hydrogens (tertiary/aromatic N) is 3. The average Bonchev–Trinajstić information content (AvgIpc) is 3.19. The summed E-state index contributed by atoms with van der Waals surface area (Å²) < 4.78 is 28.5. The van der Waals surface area contributed by atoms with Gasteiger partial charge in [-0.3, -0.25) is 28.2 Å². The highest BCUT2D eigenvalue weighted by atomic mass is 32.2. The summed E-state index contributed by atoms with van der Waals surface area (Å²) in [4.78, 5) is 43.7. The number of rotatable bonds is 14. The molecule has 0 spiro atoms. The molecule has 2 rings (SSSR count). The normalized spacial score (nSPS) is 15.8. The van der Waals surface area contributed by atoms with Gasteiger partial charge < -0.3 is 30.7 Å². The van der Waals surface area contributed by atoms with E-state index in [2.05, 4.69) is 15.0 Å². The van der Waals surface area contributed by atoms with Crippen LogP contribution in [0.1, 0.15) is 13.8 Å². The van der Waals surface area contributed by atoms with E-state index in [9.17, 15) is 29.3 Å². The van der Waals surface area contributed by atoms with Crippen LogP contribution >= 0.6 is 19.6 Å². The number of H-pyrrole nitrogens is 1. The van der Waals surface area contributed by atoms with E-state index < -0.39 is 44.2 Å². The van der Waals surface area contributed by atoms with Crippen LogP contribution in [0, 0.1) is 5.41 Å². The lowest BCUT2D eigenvalue weighted by molar-refractivity contribution is -0.119. The molecule has 7 N–H and O–H groups in total. The number of phosphoric ester groups is 1. The third-order valence-electron chi connectivity index (χ3n) is 4.46. The van der Waals surface area contributed by atoms with Gasteiger partial charge in [-0.25, -0.2) is 9.55 Å². The number of anilines is 1. The molecule has 0 saturated carbocycles. The van der Waals surface area contributed by atoms with Gasteiger partial charge in [-0.15, -0.1) is 0 Å². The number of imidazole rings is 1. The van der Waals surface area contributed by atoms with E-state index in [4.69, 9.17) is 24.6 Å². The Morgan fingerprint density at radius 3 is 2.74 bits per heavy atom. The maximum Gasteiger partial charge on any atom is 0.472 e. The molecule has 0 amide bonds.